The molecule has 0 heterocycles. The Morgan fingerprint density at radius 3 is 2.35 bits per heavy atom. The van der Waals surface area contributed by atoms with E-state index in [0.29, 0.717) is 30.9 Å². The summed E-state index contributed by atoms with van der Waals surface area (Å²) in [5.41, 5.74) is 0. The molecular weight excluding hydrogens is 427 g/mol. The van der Waals surface area contributed by atoms with Gasteiger partial charge in [-0.05, 0) is 24.7 Å². The Bertz CT molecular complexity index is 435. The summed E-state index contributed by atoms with van der Waals surface area (Å²) in [6, 6.07) is 0. The van der Waals surface area contributed by atoms with Gasteiger partial charge in [-0.3, -0.25) is 4.99 Å². The van der Waals surface area contributed by atoms with Gasteiger partial charge in [0, 0.05) is 26.7 Å². The molecule has 0 radical (unpaired) electrons. The van der Waals surface area contributed by atoms with E-state index in [9.17, 15) is 8.42 Å². The second-order valence-electron chi connectivity index (χ2n) is 6.03. The standard InChI is InChI=1S/C15H32N4O2S.HI/c1-4-13(5-2)11-18-15(16-3)17-9-10-22(20,21)19-12-14-7-6-8-14;/h13-14,19H,4-12H2,1-3H3,(H2,16,17,18);1H. The average molecular weight is 460 g/mol. The van der Waals surface area contributed by atoms with Crippen LogP contribution in [0, 0.1) is 11.8 Å². The van der Waals surface area contributed by atoms with Crippen LogP contribution in [0.15, 0.2) is 4.99 Å². The van der Waals surface area contributed by atoms with Crippen LogP contribution in [0.25, 0.3) is 0 Å². The molecule has 0 aliphatic heterocycles. The Labute approximate surface area is 158 Å². The summed E-state index contributed by atoms with van der Waals surface area (Å²) >= 11 is 0. The molecule has 138 valence electrons. The molecule has 0 amide bonds. The smallest absolute Gasteiger partial charge is 0.213 e. The summed E-state index contributed by atoms with van der Waals surface area (Å²) in [7, 11) is -1.49. The fraction of sp³-hybridized carbons (Fsp3) is 0.933. The summed E-state index contributed by atoms with van der Waals surface area (Å²) < 4.78 is 26.5. The molecule has 0 spiro atoms. The van der Waals surface area contributed by atoms with E-state index in [-0.39, 0.29) is 29.7 Å². The van der Waals surface area contributed by atoms with Crippen LogP contribution in [-0.4, -0.2) is 46.8 Å². The Morgan fingerprint density at radius 2 is 1.87 bits per heavy atom. The molecule has 0 unspecified atom stereocenters. The lowest BCUT2D eigenvalue weighted by molar-refractivity contribution is 0.316. The van der Waals surface area contributed by atoms with E-state index >= 15 is 0 Å². The first-order valence-corrected chi connectivity index (χ1v) is 10.1. The Morgan fingerprint density at radius 1 is 1.22 bits per heavy atom. The fourth-order valence-electron chi connectivity index (χ4n) is 2.36. The van der Waals surface area contributed by atoms with Crippen molar-refractivity contribution in [2.75, 3.05) is 32.4 Å². The van der Waals surface area contributed by atoms with Gasteiger partial charge in [0.15, 0.2) is 5.96 Å². The lowest BCUT2D eigenvalue weighted by atomic mass is 9.86. The van der Waals surface area contributed by atoms with Crippen LogP contribution in [0.1, 0.15) is 46.0 Å². The van der Waals surface area contributed by atoms with Gasteiger partial charge in [0.2, 0.25) is 10.0 Å². The minimum Gasteiger partial charge on any atom is -0.356 e. The van der Waals surface area contributed by atoms with Crippen LogP contribution < -0.4 is 15.4 Å². The minimum atomic E-state index is -3.19. The van der Waals surface area contributed by atoms with Crippen molar-refractivity contribution in [2.45, 2.75) is 46.0 Å². The van der Waals surface area contributed by atoms with Crippen LogP contribution in [0.2, 0.25) is 0 Å². The first-order valence-electron chi connectivity index (χ1n) is 8.42. The molecule has 0 aromatic heterocycles. The number of hydrogen-bond donors (Lipinski definition) is 3. The third kappa shape index (κ3) is 9.71. The Balaban J connectivity index is 0.00000484. The van der Waals surface area contributed by atoms with Crippen LogP contribution in [0.5, 0.6) is 0 Å². The van der Waals surface area contributed by atoms with Crippen LogP contribution >= 0.6 is 24.0 Å². The van der Waals surface area contributed by atoms with Gasteiger partial charge >= 0.3 is 0 Å². The number of sulfonamides is 1. The maximum Gasteiger partial charge on any atom is 0.213 e. The monoisotopic (exact) mass is 460 g/mol. The van der Waals surface area contributed by atoms with Crippen molar-refractivity contribution in [1.29, 1.82) is 0 Å². The number of rotatable bonds is 10. The SMILES string of the molecule is CCC(CC)CNC(=NC)NCCS(=O)(=O)NCC1CCC1.I. The lowest BCUT2D eigenvalue weighted by Gasteiger charge is -2.25. The third-order valence-corrected chi connectivity index (χ3v) is 5.76. The summed E-state index contributed by atoms with van der Waals surface area (Å²) in [6.45, 7) is 6.16. The zero-order valence-electron chi connectivity index (χ0n) is 14.6. The van der Waals surface area contributed by atoms with Crippen molar-refractivity contribution in [3.8, 4) is 0 Å². The summed E-state index contributed by atoms with van der Waals surface area (Å²) in [5.74, 6) is 1.90. The number of halogens is 1. The summed E-state index contributed by atoms with van der Waals surface area (Å²) in [6.07, 6.45) is 5.77. The van der Waals surface area contributed by atoms with Gasteiger partial charge < -0.3 is 10.6 Å². The Hall–Kier alpha value is -0.0900. The second kappa shape index (κ2) is 12.3. The highest BCUT2D eigenvalue weighted by molar-refractivity contribution is 14.0. The molecule has 1 aliphatic carbocycles. The molecule has 0 bridgehead atoms. The normalized spacial score (nSPS) is 15.9. The molecule has 1 fully saturated rings. The predicted molar refractivity (Wildman–Crippen MR) is 108 cm³/mol. The van der Waals surface area contributed by atoms with Crippen LogP contribution in [0.4, 0.5) is 0 Å². The van der Waals surface area contributed by atoms with Gasteiger partial charge in [0.1, 0.15) is 0 Å². The van der Waals surface area contributed by atoms with Crippen molar-refractivity contribution in [1.82, 2.24) is 15.4 Å². The molecule has 0 aromatic rings. The number of nitrogens with one attached hydrogen (secondary N) is 3. The van der Waals surface area contributed by atoms with E-state index in [1.807, 2.05) is 0 Å². The highest BCUT2D eigenvalue weighted by Crippen LogP contribution is 2.25. The summed E-state index contributed by atoms with van der Waals surface area (Å²) in [5, 5.41) is 6.31. The molecule has 1 rings (SSSR count). The molecule has 0 atom stereocenters. The van der Waals surface area contributed by atoms with E-state index in [1.54, 1.807) is 7.05 Å². The molecule has 1 aliphatic rings. The van der Waals surface area contributed by atoms with Crippen LogP contribution in [0.3, 0.4) is 0 Å². The topological polar surface area (TPSA) is 82.6 Å². The highest BCUT2D eigenvalue weighted by Gasteiger charge is 2.20. The molecular formula is C15H33IN4O2S. The van der Waals surface area contributed by atoms with Gasteiger partial charge in [0.25, 0.3) is 0 Å². The maximum absolute atomic E-state index is 11.9. The molecule has 23 heavy (non-hydrogen) atoms. The van der Waals surface area contributed by atoms with Crippen LogP contribution in [-0.2, 0) is 10.0 Å². The zero-order valence-corrected chi connectivity index (χ0v) is 17.7. The minimum absolute atomic E-state index is 0. The Kier molecular flexibility index (Phi) is 12.2. The second-order valence-corrected chi connectivity index (χ2v) is 7.95. The number of guanidine groups is 1. The van der Waals surface area contributed by atoms with E-state index in [4.69, 9.17) is 0 Å². The average Bonchev–Trinajstić information content (AvgIpc) is 2.44. The van der Waals surface area contributed by atoms with E-state index in [0.717, 1.165) is 32.2 Å². The van der Waals surface area contributed by atoms with Crippen molar-refractivity contribution < 1.29 is 8.42 Å². The predicted octanol–water partition coefficient (Wildman–Crippen LogP) is 1.93. The highest BCUT2D eigenvalue weighted by atomic mass is 127. The number of aliphatic imine (C=N–C) groups is 1. The van der Waals surface area contributed by atoms with Gasteiger partial charge in [-0.1, -0.05) is 33.1 Å². The van der Waals surface area contributed by atoms with Crippen molar-refractivity contribution in [3.05, 3.63) is 0 Å². The van der Waals surface area contributed by atoms with Gasteiger partial charge in [0.05, 0.1) is 5.75 Å². The molecule has 1 saturated carbocycles. The molecule has 0 saturated heterocycles. The third-order valence-electron chi connectivity index (χ3n) is 4.42. The van der Waals surface area contributed by atoms with Crippen molar-refractivity contribution in [2.24, 2.45) is 16.8 Å². The fourth-order valence-corrected chi connectivity index (χ4v) is 3.36. The molecule has 3 N–H and O–H groups in total. The molecule has 0 aromatic carbocycles. The lowest BCUT2D eigenvalue weighted by Crippen LogP contribution is -2.43. The quantitative estimate of drug-likeness (QED) is 0.264. The van der Waals surface area contributed by atoms with Gasteiger partial charge in [-0.2, -0.15) is 0 Å². The van der Waals surface area contributed by atoms with Gasteiger partial charge in [-0.15, -0.1) is 24.0 Å². The molecule has 8 heteroatoms. The van der Waals surface area contributed by atoms with E-state index < -0.39 is 10.0 Å². The largest absolute Gasteiger partial charge is 0.356 e. The van der Waals surface area contributed by atoms with E-state index in [1.165, 1.54) is 6.42 Å². The van der Waals surface area contributed by atoms with E-state index in [2.05, 4.69) is 34.2 Å². The first-order chi connectivity index (χ1) is 10.5. The zero-order chi connectivity index (χ0) is 16.4. The van der Waals surface area contributed by atoms with Gasteiger partial charge in [-0.25, -0.2) is 13.1 Å². The van der Waals surface area contributed by atoms with Crippen molar-refractivity contribution >= 4 is 40.0 Å². The molecule has 6 nitrogen and oxygen atoms in total. The maximum atomic E-state index is 11.9. The first kappa shape index (κ1) is 22.9. The number of hydrogen-bond acceptors (Lipinski definition) is 3. The number of nitrogens with zero attached hydrogens (tertiary/aromatic N) is 1. The van der Waals surface area contributed by atoms with Crippen molar-refractivity contribution in [3.63, 3.8) is 0 Å². The summed E-state index contributed by atoms with van der Waals surface area (Å²) in [4.78, 5) is 4.12.